The number of methoxy groups -OCH3 is 1. The van der Waals surface area contributed by atoms with E-state index in [1.807, 2.05) is 6.07 Å². The third kappa shape index (κ3) is 6.21. The molecule has 1 heterocycles. The fourth-order valence-corrected chi connectivity index (χ4v) is 6.48. The first kappa shape index (κ1) is 23.0. The first-order valence-electron chi connectivity index (χ1n) is 13.6. The smallest absolute Gasteiger partial charge is 0.339 e. The first-order valence-corrected chi connectivity index (χ1v) is 13.7. The van der Waals surface area contributed by atoms with Gasteiger partial charge in [0.25, 0.3) is 0 Å². The van der Waals surface area contributed by atoms with Gasteiger partial charge < -0.3 is 14.4 Å². The molecule has 1 aliphatic rings. The molecule has 8 heteroatoms. The lowest BCUT2D eigenvalue weighted by atomic mass is 9.75. The normalized spacial score (nSPS) is 22.0. The second kappa shape index (κ2) is 11.5. The van der Waals surface area contributed by atoms with Gasteiger partial charge in [0, 0.05) is 36.1 Å². The van der Waals surface area contributed by atoms with Crippen molar-refractivity contribution in [3.05, 3.63) is 102 Å². The quantitative estimate of drug-likeness (QED) is 0.391. The van der Waals surface area contributed by atoms with Crippen LogP contribution < -0.4 is 4.74 Å². The Morgan fingerprint density at radius 3 is 2.46 bits per heavy atom. The number of piperidine rings is 1. The molecule has 0 amide bonds. The van der Waals surface area contributed by atoms with Gasteiger partial charge in [0.2, 0.25) is 10.0 Å². The van der Waals surface area contributed by atoms with Crippen molar-refractivity contribution in [1.82, 2.24) is 9.21 Å². The molecule has 0 aromatic heterocycles. The minimum atomic E-state index is -3.76. The summed E-state index contributed by atoms with van der Waals surface area (Å²) in [6.45, 7) is -2.43. The fraction of sp³-hybridized carbons (Fsp3) is 0.345. The molecule has 0 saturated carbocycles. The van der Waals surface area contributed by atoms with Crippen molar-refractivity contribution in [3.8, 4) is 5.75 Å². The van der Waals surface area contributed by atoms with E-state index in [2.05, 4.69) is 0 Å². The van der Waals surface area contributed by atoms with Gasteiger partial charge in [0.1, 0.15) is 11.4 Å². The zero-order chi connectivity index (χ0) is 29.0. The number of hydrogen-bond donors (Lipinski definition) is 0. The zero-order valence-electron chi connectivity index (χ0n) is 24.0. The van der Waals surface area contributed by atoms with Gasteiger partial charge >= 0.3 is 5.97 Å². The summed E-state index contributed by atoms with van der Waals surface area (Å²) in [5, 5.41) is 0. The topological polar surface area (TPSA) is 76.2 Å². The molecule has 37 heavy (non-hydrogen) atoms. The summed E-state index contributed by atoms with van der Waals surface area (Å²) in [6.07, 6.45) is 0.131. The number of ether oxygens (including phenoxy) is 2. The number of hydrogen-bond acceptors (Lipinski definition) is 6. The fourth-order valence-electron chi connectivity index (χ4n) is 4.90. The van der Waals surface area contributed by atoms with Crippen LogP contribution in [0, 0.1) is 5.92 Å². The van der Waals surface area contributed by atoms with E-state index in [0.717, 1.165) is 0 Å². The maximum absolute atomic E-state index is 13.5. The molecule has 0 N–H and O–H groups in total. The molecule has 0 aliphatic carbocycles. The highest BCUT2D eigenvalue weighted by Crippen LogP contribution is 2.44. The molecule has 7 nitrogen and oxygen atoms in total. The van der Waals surface area contributed by atoms with E-state index in [9.17, 15) is 13.2 Å². The van der Waals surface area contributed by atoms with Crippen molar-refractivity contribution in [3.63, 3.8) is 0 Å². The van der Waals surface area contributed by atoms with Crippen LogP contribution in [0.2, 0.25) is 0 Å². The molecule has 1 saturated heterocycles. The predicted octanol–water partition coefficient (Wildman–Crippen LogP) is 4.16. The molecule has 1 aliphatic heterocycles. The number of esters is 1. The Balaban J connectivity index is 1.77. The Kier molecular flexibility index (Phi) is 7.11. The lowest BCUT2D eigenvalue weighted by Gasteiger charge is -2.47. The van der Waals surface area contributed by atoms with E-state index < -0.39 is 34.5 Å². The molecule has 196 valence electrons. The summed E-state index contributed by atoms with van der Waals surface area (Å²) >= 11 is 0. The summed E-state index contributed by atoms with van der Waals surface area (Å²) < 4.78 is 64.1. The third-order valence-corrected chi connectivity index (χ3v) is 8.55. The highest BCUT2D eigenvalue weighted by Gasteiger charge is 2.50. The van der Waals surface area contributed by atoms with Crippen LogP contribution in [0.4, 0.5) is 0 Å². The second-order valence-electron chi connectivity index (χ2n) is 9.30. The Morgan fingerprint density at radius 2 is 1.78 bits per heavy atom. The standard InChI is InChI=1S/C29H34N2O5S/c1-30(2)20-26-21-31(37(33,34)22-23-11-6-4-7-12-23)18-17-29(26,25-15-10-16-27(19-25)35-3)36-28(32)24-13-8-5-9-14-24/h4-16,19,26H,17-18,20-22H2,1-3H3/i1D3. The van der Waals surface area contributed by atoms with Gasteiger partial charge in [-0.15, -0.1) is 0 Å². The largest absolute Gasteiger partial charge is 0.497 e. The average Bonchev–Trinajstić information content (AvgIpc) is 2.94. The molecule has 0 radical (unpaired) electrons. The van der Waals surface area contributed by atoms with Crippen LogP contribution in [0.15, 0.2) is 84.9 Å². The van der Waals surface area contributed by atoms with Crippen LogP contribution in [-0.2, 0) is 26.1 Å². The van der Waals surface area contributed by atoms with E-state index in [4.69, 9.17) is 13.6 Å². The maximum Gasteiger partial charge on any atom is 0.339 e. The number of nitrogens with zero attached hydrogens (tertiary/aromatic N) is 2. The van der Waals surface area contributed by atoms with E-state index in [1.54, 1.807) is 78.9 Å². The van der Waals surface area contributed by atoms with E-state index in [0.29, 0.717) is 22.4 Å². The summed E-state index contributed by atoms with van der Waals surface area (Å²) in [4.78, 5) is 14.7. The van der Waals surface area contributed by atoms with Crippen LogP contribution in [0.5, 0.6) is 5.75 Å². The molecule has 4 rings (SSSR count). The molecule has 2 atom stereocenters. The third-order valence-electron chi connectivity index (χ3n) is 6.74. The summed E-state index contributed by atoms with van der Waals surface area (Å²) in [6, 6.07) is 24.5. The summed E-state index contributed by atoms with van der Waals surface area (Å²) in [5.74, 6) is -0.941. The van der Waals surface area contributed by atoms with Crippen LogP contribution in [0.25, 0.3) is 0 Å². The summed E-state index contributed by atoms with van der Waals surface area (Å²) in [5.41, 5.74) is 0.283. The van der Waals surface area contributed by atoms with Crippen molar-refractivity contribution in [1.29, 1.82) is 0 Å². The van der Waals surface area contributed by atoms with Gasteiger partial charge in [0.15, 0.2) is 0 Å². The van der Waals surface area contributed by atoms with Crippen LogP contribution in [0.1, 0.15) is 32.0 Å². The van der Waals surface area contributed by atoms with E-state index in [-0.39, 0.29) is 31.8 Å². The Morgan fingerprint density at radius 1 is 1.08 bits per heavy atom. The highest BCUT2D eigenvalue weighted by atomic mass is 32.2. The number of carbonyl (C=O) groups is 1. The van der Waals surface area contributed by atoms with Crippen LogP contribution >= 0.6 is 0 Å². The predicted molar refractivity (Wildman–Crippen MR) is 144 cm³/mol. The van der Waals surface area contributed by atoms with Crippen LogP contribution in [0.3, 0.4) is 0 Å². The minimum Gasteiger partial charge on any atom is -0.497 e. The molecule has 0 bridgehead atoms. The summed E-state index contributed by atoms with van der Waals surface area (Å²) in [7, 11) is -0.771. The van der Waals surface area contributed by atoms with Gasteiger partial charge in [-0.25, -0.2) is 17.5 Å². The lowest BCUT2D eigenvalue weighted by Crippen LogP contribution is -2.56. The monoisotopic (exact) mass is 525 g/mol. The molecule has 1 fully saturated rings. The lowest BCUT2D eigenvalue weighted by molar-refractivity contribution is -0.0880. The van der Waals surface area contributed by atoms with Crippen molar-refractivity contribution in [2.24, 2.45) is 5.92 Å². The van der Waals surface area contributed by atoms with Gasteiger partial charge in [-0.1, -0.05) is 60.7 Å². The zero-order valence-corrected chi connectivity index (χ0v) is 21.9. The van der Waals surface area contributed by atoms with Gasteiger partial charge in [-0.2, -0.15) is 0 Å². The van der Waals surface area contributed by atoms with Crippen molar-refractivity contribution in [2.45, 2.75) is 17.8 Å². The molecule has 3 aromatic carbocycles. The first-order chi connectivity index (χ1) is 18.9. The number of carbonyl (C=O) groups excluding carboxylic acids is 1. The van der Waals surface area contributed by atoms with E-state index in [1.165, 1.54) is 23.4 Å². The molecular weight excluding hydrogens is 488 g/mol. The van der Waals surface area contributed by atoms with Crippen LogP contribution in [-0.4, -0.2) is 64.4 Å². The second-order valence-corrected chi connectivity index (χ2v) is 11.3. The Bertz CT molecular complexity index is 1400. The Hall–Kier alpha value is -3.20. The van der Waals surface area contributed by atoms with Gasteiger partial charge in [-0.05, 0) is 49.4 Å². The van der Waals surface area contributed by atoms with Crippen molar-refractivity contribution in [2.75, 3.05) is 40.8 Å². The number of benzene rings is 3. The number of sulfonamides is 1. The van der Waals surface area contributed by atoms with Gasteiger partial charge in [-0.3, -0.25) is 0 Å². The Labute approximate surface area is 223 Å². The number of rotatable bonds is 9. The molecule has 0 spiro atoms. The van der Waals surface area contributed by atoms with Crippen molar-refractivity contribution >= 4 is 16.0 Å². The van der Waals surface area contributed by atoms with Gasteiger partial charge in [0.05, 0.1) is 18.4 Å². The highest BCUT2D eigenvalue weighted by molar-refractivity contribution is 7.88. The SMILES string of the molecule is [2H]C([2H])([2H])N(C)CC1CN(S(=O)(=O)Cc2ccccc2)CCC1(OC(=O)c1ccccc1)c1cccc(OC)c1. The minimum absolute atomic E-state index is 0.0329. The maximum atomic E-state index is 13.5. The molecule has 2 unspecified atom stereocenters. The molecular formula is C29H34N2O5S. The van der Waals surface area contributed by atoms with Crippen molar-refractivity contribution < 1.29 is 26.8 Å². The molecule has 3 aromatic rings. The average molecular weight is 526 g/mol. The van der Waals surface area contributed by atoms with E-state index >= 15 is 0 Å².